The Kier molecular flexibility index (Phi) is 4.78. The van der Waals surface area contributed by atoms with Crippen molar-refractivity contribution in [1.82, 2.24) is 20.1 Å². The maximum absolute atomic E-state index is 6.13. The Morgan fingerprint density at radius 3 is 2.70 bits per heavy atom. The molecule has 2 aromatic rings. The van der Waals surface area contributed by atoms with Crippen LogP contribution in [0.5, 0.6) is 5.75 Å². The first kappa shape index (κ1) is 15.8. The number of ether oxygens (including phenoxy) is 1. The highest BCUT2D eigenvalue weighted by Gasteiger charge is 2.16. The summed E-state index contributed by atoms with van der Waals surface area (Å²) in [6.45, 7) is 3.90. The topological polar surface area (TPSA) is 66.4 Å². The van der Waals surface area contributed by atoms with Gasteiger partial charge in [-0.05, 0) is 25.2 Å². The lowest BCUT2D eigenvalue weighted by molar-refractivity contribution is 0.312. The molecule has 1 aromatic heterocycles. The quantitative estimate of drug-likeness (QED) is 0.917. The third kappa shape index (κ3) is 3.80. The minimum absolute atomic E-state index is 0.447. The molecule has 1 saturated heterocycles. The van der Waals surface area contributed by atoms with E-state index in [0.717, 1.165) is 37.7 Å². The summed E-state index contributed by atoms with van der Waals surface area (Å²) in [6, 6.07) is 5.42. The molecule has 0 spiro atoms. The Labute approximate surface area is 140 Å². The molecule has 1 fully saturated rings. The molecule has 1 aromatic carbocycles. The molecule has 1 aliphatic rings. The minimum atomic E-state index is 0.447. The third-order valence-electron chi connectivity index (χ3n) is 3.78. The van der Waals surface area contributed by atoms with Crippen LogP contribution >= 0.6 is 11.6 Å². The van der Waals surface area contributed by atoms with Crippen LogP contribution in [0.4, 0.5) is 17.5 Å². The van der Waals surface area contributed by atoms with Crippen molar-refractivity contribution in [2.24, 2.45) is 0 Å². The molecule has 122 valence electrons. The first-order valence-corrected chi connectivity index (χ1v) is 7.77. The molecule has 0 radical (unpaired) electrons. The molecule has 0 amide bonds. The fourth-order valence-corrected chi connectivity index (χ4v) is 2.67. The van der Waals surface area contributed by atoms with Gasteiger partial charge in [-0.3, -0.25) is 0 Å². The standard InChI is InChI=1S/C15H19ClN6O/c1-21-5-7-22(8-6-21)14-10-17-20-15(19-14)18-11-3-4-13(23-2)12(16)9-11/h3-4,9-10H,5-8H2,1-2H3,(H,18,19,20). The Balaban J connectivity index is 1.73. The van der Waals surface area contributed by atoms with Gasteiger partial charge in [0, 0.05) is 31.9 Å². The zero-order chi connectivity index (χ0) is 16.2. The second-order valence-corrected chi connectivity index (χ2v) is 5.81. The highest BCUT2D eigenvalue weighted by atomic mass is 35.5. The summed E-state index contributed by atoms with van der Waals surface area (Å²) < 4.78 is 5.14. The van der Waals surface area contributed by atoms with Crippen molar-refractivity contribution in [2.45, 2.75) is 0 Å². The second-order valence-electron chi connectivity index (χ2n) is 5.40. The van der Waals surface area contributed by atoms with Gasteiger partial charge in [0.25, 0.3) is 0 Å². The molecule has 2 heterocycles. The van der Waals surface area contributed by atoms with E-state index in [2.05, 4.69) is 37.3 Å². The van der Waals surface area contributed by atoms with E-state index in [4.69, 9.17) is 16.3 Å². The molecule has 1 aliphatic heterocycles. The van der Waals surface area contributed by atoms with Gasteiger partial charge in [0.05, 0.1) is 18.3 Å². The van der Waals surface area contributed by atoms with E-state index < -0.39 is 0 Å². The lowest BCUT2D eigenvalue weighted by Crippen LogP contribution is -2.44. The summed E-state index contributed by atoms with van der Waals surface area (Å²) in [6.07, 6.45) is 1.69. The molecule has 0 aliphatic carbocycles. The number of piperazine rings is 1. The third-order valence-corrected chi connectivity index (χ3v) is 4.08. The number of aromatic nitrogens is 3. The average molecular weight is 335 g/mol. The number of likely N-dealkylation sites (N-methyl/N-ethyl adjacent to an activating group) is 1. The van der Waals surface area contributed by atoms with Crippen LogP contribution in [-0.2, 0) is 0 Å². The zero-order valence-electron chi connectivity index (χ0n) is 13.2. The van der Waals surface area contributed by atoms with E-state index in [1.54, 1.807) is 25.4 Å². The van der Waals surface area contributed by atoms with Crippen molar-refractivity contribution in [3.05, 3.63) is 29.4 Å². The van der Waals surface area contributed by atoms with E-state index in [1.807, 2.05) is 6.07 Å². The van der Waals surface area contributed by atoms with Crippen molar-refractivity contribution in [1.29, 1.82) is 0 Å². The normalized spacial score (nSPS) is 15.5. The number of hydrogen-bond donors (Lipinski definition) is 1. The van der Waals surface area contributed by atoms with Crippen molar-refractivity contribution < 1.29 is 4.74 Å². The van der Waals surface area contributed by atoms with E-state index in [-0.39, 0.29) is 0 Å². The summed E-state index contributed by atoms with van der Waals surface area (Å²) in [5.74, 6) is 1.90. The van der Waals surface area contributed by atoms with Crippen LogP contribution in [-0.4, -0.2) is 60.4 Å². The van der Waals surface area contributed by atoms with Gasteiger partial charge >= 0.3 is 0 Å². The lowest BCUT2D eigenvalue weighted by atomic mass is 10.3. The number of benzene rings is 1. The van der Waals surface area contributed by atoms with Crippen molar-refractivity contribution in [3.63, 3.8) is 0 Å². The Morgan fingerprint density at radius 2 is 2.00 bits per heavy atom. The number of halogens is 1. The molecular formula is C15H19ClN6O. The van der Waals surface area contributed by atoms with Crippen LogP contribution < -0.4 is 15.0 Å². The molecule has 0 atom stereocenters. The maximum atomic E-state index is 6.13. The van der Waals surface area contributed by atoms with Crippen LogP contribution in [0.3, 0.4) is 0 Å². The SMILES string of the molecule is COc1ccc(Nc2nncc(N3CCN(C)CC3)n2)cc1Cl. The minimum Gasteiger partial charge on any atom is -0.495 e. The fraction of sp³-hybridized carbons (Fsp3) is 0.400. The summed E-state index contributed by atoms with van der Waals surface area (Å²) in [7, 11) is 3.71. The molecule has 7 nitrogen and oxygen atoms in total. The first-order chi connectivity index (χ1) is 11.2. The molecule has 3 rings (SSSR count). The summed E-state index contributed by atoms with van der Waals surface area (Å²) in [5.41, 5.74) is 0.785. The van der Waals surface area contributed by atoms with Crippen LogP contribution in [0.1, 0.15) is 0 Å². The first-order valence-electron chi connectivity index (χ1n) is 7.39. The highest BCUT2D eigenvalue weighted by Crippen LogP contribution is 2.28. The molecule has 0 bridgehead atoms. The number of methoxy groups -OCH3 is 1. The molecule has 8 heteroatoms. The number of hydrogen-bond acceptors (Lipinski definition) is 7. The predicted molar refractivity (Wildman–Crippen MR) is 90.8 cm³/mol. The molecular weight excluding hydrogens is 316 g/mol. The largest absolute Gasteiger partial charge is 0.495 e. The van der Waals surface area contributed by atoms with Crippen LogP contribution in [0.15, 0.2) is 24.4 Å². The zero-order valence-corrected chi connectivity index (χ0v) is 13.9. The number of nitrogens with zero attached hydrogens (tertiary/aromatic N) is 5. The number of nitrogens with one attached hydrogen (secondary N) is 1. The van der Waals surface area contributed by atoms with Gasteiger partial charge in [0.1, 0.15) is 5.75 Å². The van der Waals surface area contributed by atoms with Crippen molar-refractivity contribution in [3.8, 4) is 5.75 Å². The highest BCUT2D eigenvalue weighted by molar-refractivity contribution is 6.32. The van der Waals surface area contributed by atoms with Gasteiger partial charge in [-0.15, -0.1) is 5.10 Å². The van der Waals surface area contributed by atoms with Gasteiger partial charge in [-0.1, -0.05) is 11.6 Å². The smallest absolute Gasteiger partial charge is 0.249 e. The van der Waals surface area contributed by atoms with Gasteiger partial charge in [0.15, 0.2) is 5.82 Å². The van der Waals surface area contributed by atoms with Gasteiger partial charge in [-0.2, -0.15) is 10.1 Å². The Bertz CT molecular complexity index is 675. The van der Waals surface area contributed by atoms with Crippen molar-refractivity contribution in [2.75, 3.05) is 50.6 Å². The molecule has 1 N–H and O–H groups in total. The van der Waals surface area contributed by atoms with Gasteiger partial charge < -0.3 is 19.9 Å². The van der Waals surface area contributed by atoms with Gasteiger partial charge in [0.2, 0.25) is 5.95 Å². The summed E-state index contributed by atoms with van der Waals surface area (Å²) in [4.78, 5) is 9.04. The molecule has 23 heavy (non-hydrogen) atoms. The molecule has 0 unspecified atom stereocenters. The monoisotopic (exact) mass is 334 g/mol. The second kappa shape index (κ2) is 6.97. The Hall–Kier alpha value is -2.12. The van der Waals surface area contributed by atoms with E-state index in [9.17, 15) is 0 Å². The van der Waals surface area contributed by atoms with Gasteiger partial charge in [-0.25, -0.2) is 0 Å². The Morgan fingerprint density at radius 1 is 1.22 bits per heavy atom. The predicted octanol–water partition coefficient (Wildman–Crippen LogP) is 2.03. The van der Waals surface area contributed by atoms with Crippen LogP contribution in [0, 0.1) is 0 Å². The summed E-state index contributed by atoms with van der Waals surface area (Å²) >= 11 is 6.13. The van der Waals surface area contributed by atoms with E-state index in [0.29, 0.717) is 16.7 Å². The van der Waals surface area contributed by atoms with Crippen LogP contribution in [0.2, 0.25) is 5.02 Å². The summed E-state index contributed by atoms with van der Waals surface area (Å²) in [5, 5.41) is 11.7. The van der Waals surface area contributed by atoms with E-state index >= 15 is 0 Å². The number of anilines is 3. The lowest BCUT2D eigenvalue weighted by Gasteiger charge is -2.32. The number of rotatable bonds is 4. The molecule has 0 saturated carbocycles. The van der Waals surface area contributed by atoms with Crippen molar-refractivity contribution >= 4 is 29.1 Å². The van der Waals surface area contributed by atoms with Crippen LogP contribution in [0.25, 0.3) is 0 Å². The fourth-order valence-electron chi connectivity index (χ4n) is 2.41. The maximum Gasteiger partial charge on any atom is 0.249 e. The van der Waals surface area contributed by atoms with E-state index in [1.165, 1.54) is 0 Å². The average Bonchev–Trinajstić information content (AvgIpc) is 2.56.